The van der Waals surface area contributed by atoms with Gasteiger partial charge in [-0.2, -0.15) is 0 Å². The predicted octanol–water partition coefficient (Wildman–Crippen LogP) is 1.49. The highest BCUT2D eigenvalue weighted by atomic mass is 32.2. The van der Waals surface area contributed by atoms with E-state index in [-0.39, 0.29) is 23.0 Å². The first-order valence-electron chi connectivity index (χ1n) is 5.77. The number of nitrogens with two attached hydrogens (primary N) is 1. The van der Waals surface area contributed by atoms with E-state index in [0.29, 0.717) is 11.5 Å². The summed E-state index contributed by atoms with van der Waals surface area (Å²) >= 11 is 0. The molecule has 3 N–H and O–H groups in total. The van der Waals surface area contributed by atoms with Gasteiger partial charge in [-0.05, 0) is 32.0 Å². The monoisotopic (exact) mass is 299 g/mol. The molecule has 0 bridgehead atoms. The Hall–Kier alpha value is -1.93. The molecule has 0 amide bonds. The summed E-state index contributed by atoms with van der Waals surface area (Å²) < 4.78 is 44.7. The third-order valence-corrected chi connectivity index (χ3v) is 4.21. The molecule has 0 spiro atoms. The first-order valence-corrected chi connectivity index (χ1v) is 7.25. The second-order valence-electron chi connectivity index (χ2n) is 4.26. The topological polar surface area (TPSA) is 98.2 Å². The third kappa shape index (κ3) is 2.97. The first-order chi connectivity index (χ1) is 9.29. The summed E-state index contributed by atoms with van der Waals surface area (Å²) in [7, 11) is -3.93. The Kier molecular flexibility index (Phi) is 3.78. The van der Waals surface area contributed by atoms with Crippen LogP contribution in [0.15, 0.2) is 27.5 Å². The summed E-state index contributed by atoms with van der Waals surface area (Å²) in [6.45, 7) is 3.35. The van der Waals surface area contributed by atoms with Gasteiger partial charge in [0.2, 0.25) is 15.9 Å². The minimum absolute atomic E-state index is 0.0290. The number of halogens is 1. The average Bonchev–Trinajstić information content (AvgIpc) is 2.69. The van der Waals surface area contributed by atoms with Crippen molar-refractivity contribution in [1.29, 1.82) is 0 Å². The molecule has 20 heavy (non-hydrogen) atoms. The Morgan fingerprint density at radius 2 is 2.10 bits per heavy atom. The Morgan fingerprint density at radius 3 is 2.70 bits per heavy atom. The van der Waals surface area contributed by atoms with Crippen molar-refractivity contribution in [3.8, 4) is 0 Å². The first kappa shape index (κ1) is 14.5. The van der Waals surface area contributed by atoms with E-state index >= 15 is 0 Å². The van der Waals surface area contributed by atoms with Crippen molar-refractivity contribution in [3.05, 3.63) is 41.4 Å². The standard InChI is InChI=1S/C12H14FN3O3S/c1-7-8(2)19-12(16-7)6-15-20(17,18)11-5-9(13)3-4-10(11)14/h3-5,15H,6,14H2,1-2H3. The van der Waals surface area contributed by atoms with Crippen LogP contribution in [-0.4, -0.2) is 13.4 Å². The Bertz CT molecular complexity index is 721. The van der Waals surface area contributed by atoms with Crippen molar-refractivity contribution >= 4 is 15.7 Å². The molecule has 2 aromatic rings. The Morgan fingerprint density at radius 1 is 1.40 bits per heavy atom. The molecule has 0 atom stereocenters. The number of nitrogen functional groups attached to an aromatic ring is 1. The predicted molar refractivity (Wildman–Crippen MR) is 70.8 cm³/mol. The van der Waals surface area contributed by atoms with Crippen molar-refractivity contribution in [1.82, 2.24) is 9.71 Å². The van der Waals surface area contributed by atoms with Crippen LogP contribution in [-0.2, 0) is 16.6 Å². The number of oxazole rings is 1. The number of sulfonamides is 1. The van der Waals surface area contributed by atoms with Crippen molar-refractivity contribution < 1.29 is 17.2 Å². The number of nitrogens with one attached hydrogen (secondary N) is 1. The highest BCUT2D eigenvalue weighted by Crippen LogP contribution is 2.19. The maximum absolute atomic E-state index is 13.1. The molecular weight excluding hydrogens is 285 g/mol. The van der Waals surface area contributed by atoms with E-state index in [1.165, 1.54) is 6.07 Å². The van der Waals surface area contributed by atoms with Crippen LogP contribution in [0.3, 0.4) is 0 Å². The van der Waals surface area contributed by atoms with Crippen molar-refractivity contribution in [3.63, 3.8) is 0 Å². The maximum atomic E-state index is 13.1. The van der Waals surface area contributed by atoms with Crippen LogP contribution in [0, 0.1) is 19.7 Å². The second kappa shape index (κ2) is 5.22. The molecule has 0 aliphatic heterocycles. The third-order valence-electron chi connectivity index (χ3n) is 2.75. The fourth-order valence-corrected chi connectivity index (χ4v) is 2.71. The highest BCUT2D eigenvalue weighted by molar-refractivity contribution is 7.89. The molecule has 0 unspecified atom stereocenters. The van der Waals surface area contributed by atoms with E-state index < -0.39 is 15.8 Å². The van der Waals surface area contributed by atoms with Crippen molar-refractivity contribution in [2.45, 2.75) is 25.3 Å². The molecule has 0 radical (unpaired) electrons. The van der Waals surface area contributed by atoms with Crippen LogP contribution >= 0.6 is 0 Å². The molecule has 8 heteroatoms. The van der Waals surface area contributed by atoms with E-state index in [1.807, 2.05) is 0 Å². The molecule has 1 aromatic carbocycles. The molecular formula is C12H14FN3O3S. The van der Waals surface area contributed by atoms with Gasteiger partial charge in [-0.1, -0.05) is 0 Å². The zero-order chi connectivity index (χ0) is 14.9. The van der Waals surface area contributed by atoms with Gasteiger partial charge in [0.15, 0.2) is 0 Å². The quantitative estimate of drug-likeness (QED) is 0.833. The van der Waals surface area contributed by atoms with Gasteiger partial charge in [0, 0.05) is 0 Å². The highest BCUT2D eigenvalue weighted by Gasteiger charge is 2.19. The van der Waals surface area contributed by atoms with Crippen molar-refractivity contribution in [2.75, 3.05) is 5.73 Å². The molecule has 1 aromatic heterocycles. The molecule has 2 rings (SSSR count). The average molecular weight is 299 g/mol. The number of hydrogen-bond acceptors (Lipinski definition) is 5. The van der Waals surface area contributed by atoms with Gasteiger partial charge in [0.25, 0.3) is 0 Å². The van der Waals surface area contributed by atoms with Crippen LogP contribution in [0.4, 0.5) is 10.1 Å². The van der Waals surface area contributed by atoms with Gasteiger partial charge in [0.05, 0.1) is 17.9 Å². The van der Waals surface area contributed by atoms with E-state index in [2.05, 4.69) is 9.71 Å². The van der Waals surface area contributed by atoms with Crippen LogP contribution < -0.4 is 10.5 Å². The van der Waals surface area contributed by atoms with E-state index in [1.54, 1.807) is 13.8 Å². The van der Waals surface area contributed by atoms with E-state index in [9.17, 15) is 12.8 Å². The van der Waals surface area contributed by atoms with Crippen LogP contribution in [0.2, 0.25) is 0 Å². The number of anilines is 1. The molecule has 0 fully saturated rings. The fourth-order valence-electron chi connectivity index (χ4n) is 1.59. The summed E-state index contributed by atoms with van der Waals surface area (Å²) in [4.78, 5) is 3.74. The Balaban J connectivity index is 2.21. The van der Waals surface area contributed by atoms with Crippen LogP contribution in [0.25, 0.3) is 0 Å². The summed E-state index contributed by atoms with van der Waals surface area (Å²) in [6.07, 6.45) is 0. The molecule has 108 valence electrons. The molecule has 1 heterocycles. The van der Waals surface area contributed by atoms with Crippen LogP contribution in [0.1, 0.15) is 17.3 Å². The molecule has 0 saturated carbocycles. The zero-order valence-electron chi connectivity index (χ0n) is 11.0. The van der Waals surface area contributed by atoms with E-state index in [0.717, 1.165) is 12.1 Å². The van der Waals surface area contributed by atoms with Crippen LogP contribution in [0.5, 0.6) is 0 Å². The van der Waals surface area contributed by atoms with Gasteiger partial charge in [-0.3, -0.25) is 0 Å². The summed E-state index contributed by atoms with van der Waals surface area (Å²) in [5, 5.41) is 0. The number of rotatable bonds is 4. The SMILES string of the molecule is Cc1nc(CNS(=O)(=O)c2cc(F)ccc2N)oc1C. The summed E-state index contributed by atoms with van der Waals surface area (Å²) in [5.74, 6) is 0.172. The molecule has 6 nitrogen and oxygen atoms in total. The Labute approximate surface area is 115 Å². The van der Waals surface area contributed by atoms with Crippen molar-refractivity contribution in [2.24, 2.45) is 0 Å². The van der Waals surface area contributed by atoms with E-state index in [4.69, 9.17) is 10.2 Å². The summed E-state index contributed by atoms with van der Waals surface area (Å²) in [5.41, 5.74) is 6.20. The number of aryl methyl sites for hydroxylation is 2. The summed E-state index contributed by atoms with van der Waals surface area (Å²) in [6, 6.07) is 3.15. The lowest BCUT2D eigenvalue weighted by molar-refractivity contribution is 0.463. The number of hydrogen-bond donors (Lipinski definition) is 2. The lowest BCUT2D eigenvalue weighted by Gasteiger charge is -2.07. The molecule has 0 saturated heterocycles. The number of nitrogens with zero attached hydrogens (tertiary/aromatic N) is 1. The smallest absolute Gasteiger partial charge is 0.243 e. The molecule has 0 aliphatic carbocycles. The van der Waals surface area contributed by atoms with Gasteiger partial charge < -0.3 is 10.2 Å². The normalized spacial score (nSPS) is 11.8. The number of benzene rings is 1. The lowest BCUT2D eigenvalue weighted by Crippen LogP contribution is -2.24. The zero-order valence-corrected chi connectivity index (χ0v) is 11.8. The second-order valence-corrected chi connectivity index (χ2v) is 5.99. The molecule has 0 aliphatic rings. The minimum atomic E-state index is -3.93. The van der Waals surface area contributed by atoms with Gasteiger partial charge in [0.1, 0.15) is 16.5 Å². The largest absolute Gasteiger partial charge is 0.444 e. The minimum Gasteiger partial charge on any atom is -0.444 e. The van der Waals surface area contributed by atoms with Gasteiger partial charge >= 0.3 is 0 Å². The lowest BCUT2D eigenvalue weighted by atomic mass is 10.3. The fraction of sp³-hybridized carbons (Fsp3) is 0.250. The maximum Gasteiger partial charge on any atom is 0.243 e. The van der Waals surface area contributed by atoms with Gasteiger partial charge in [-0.15, -0.1) is 0 Å². The number of aromatic nitrogens is 1. The van der Waals surface area contributed by atoms with Gasteiger partial charge in [-0.25, -0.2) is 22.5 Å².